The van der Waals surface area contributed by atoms with Crippen LogP contribution in [-0.2, 0) is 6.42 Å². The molecule has 0 saturated carbocycles. The van der Waals surface area contributed by atoms with Crippen molar-refractivity contribution in [1.29, 1.82) is 0 Å². The number of ether oxygens (including phenoxy) is 1. The van der Waals surface area contributed by atoms with Gasteiger partial charge < -0.3 is 15.8 Å². The molecule has 1 rings (SSSR count). The van der Waals surface area contributed by atoms with Crippen LogP contribution < -0.4 is 15.8 Å². The fraction of sp³-hybridized carbons (Fsp3) is 0.467. The molecular formula is C15H24N2O. The Hall–Kier alpha value is -1.48. The van der Waals surface area contributed by atoms with E-state index < -0.39 is 0 Å². The van der Waals surface area contributed by atoms with Crippen molar-refractivity contribution < 1.29 is 4.74 Å². The molecule has 18 heavy (non-hydrogen) atoms. The summed E-state index contributed by atoms with van der Waals surface area (Å²) < 4.78 is 5.78. The summed E-state index contributed by atoms with van der Waals surface area (Å²) in [5, 5.41) is 3.36. The van der Waals surface area contributed by atoms with Crippen LogP contribution in [0.15, 0.2) is 30.9 Å². The minimum atomic E-state index is 0.526. The maximum absolute atomic E-state index is 5.78. The molecule has 100 valence electrons. The van der Waals surface area contributed by atoms with Crippen LogP contribution in [0.4, 0.5) is 5.69 Å². The van der Waals surface area contributed by atoms with Crippen LogP contribution in [0.2, 0.25) is 0 Å². The Morgan fingerprint density at radius 2 is 2.22 bits per heavy atom. The fourth-order valence-corrected chi connectivity index (χ4v) is 1.70. The number of nitrogen functional groups attached to an aromatic ring is 1. The van der Waals surface area contributed by atoms with E-state index >= 15 is 0 Å². The lowest BCUT2D eigenvalue weighted by molar-refractivity contribution is 0.304. The van der Waals surface area contributed by atoms with E-state index in [9.17, 15) is 0 Å². The van der Waals surface area contributed by atoms with Gasteiger partial charge in [-0.2, -0.15) is 0 Å². The number of benzene rings is 1. The molecule has 0 heterocycles. The number of allylic oxidation sites excluding steroid dienone is 1. The molecule has 3 heteroatoms. The summed E-state index contributed by atoms with van der Waals surface area (Å²) in [7, 11) is 0. The molecule has 1 aromatic carbocycles. The predicted molar refractivity (Wildman–Crippen MR) is 78.0 cm³/mol. The maximum atomic E-state index is 5.78. The van der Waals surface area contributed by atoms with E-state index in [1.165, 1.54) is 0 Å². The topological polar surface area (TPSA) is 47.3 Å². The number of nitrogens with two attached hydrogens (primary N) is 1. The first-order valence-electron chi connectivity index (χ1n) is 6.49. The summed E-state index contributed by atoms with van der Waals surface area (Å²) in [5.74, 6) is 0.911. The number of hydrogen-bond acceptors (Lipinski definition) is 3. The standard InChI is InChI=1S/C15H24N2O/c1-4-6-13-11-14(16)7-8-15(13)18-10-5-9-17-12(2)3/h4,7-8,11-12,17H,1,5-6,9-10,16H2,2-3H3. The average molecular weight is 248 g/mol. The summed E-state index contributed by atoms with van der Waals surface area (Å²) in [6.45, 7) is 9.72. The average Bonchev–Trinajstić information content (AvgIpc) is 2.31. The molecule has 0 aliphatic rings. The zero-order valence-electron chi connectivity index (χ0n) is 11.4. The number of hydrogen-bond donors (Lipinski definition) is 2. The van der Waals surface area contributed by atoms with E-state index in [1.54, 1.807) is 0 Å². The molecule has 0 spiro atoms. The van der Waals surface area contributed by atoms with Crippen LogP contribution in [0, 0.1) is 0 Å². The summed E-state index contributed by atoms with van der Waals surface area (Å²) in [4.78, 5) is 0. The molecule has 0 aliphatic carbocycles. The highest BCUT2D eigenvalue weighted by Crippen LogP contribution is 2.22. The Morgan fingerprint density at radius 1 is 1.44 bits per heavy atom. The first kappa shape index (κ1) is 14.6. The third-order valence-electron chi connectivity index (χ3n) is 2.58. The minimum absolute atomic E-state index is 0.526. The van der Waals surface area contributed by atoms with Gasteiger partial charge in [0.1, 0.15) is 5.75 Å². The number of anilines is 1. The molecule has 0 amide bonds. The molecular weight excluding hydrogens is 224 g/mol. The van der Waals surface area contributed by atoms with Gasteiger partial charge in [0, 0.05) is 11.7 Å². The molecule has 3 nitrogen and oxygen atoms in total. The SMILES string of the molecule is C=CCc1cc(N)ccc1OCCCNC(C)C. The largest absolute Gasteiger partial charge is 0.493 e. The molecule has 0 saturated heterocycles. The second-order valence-corrected chi connectivity index (χ2v) is 4.67. The van der Waals surface area contributed by atoms with Crippen LogP contribution in [0.5, 0.6) is 5.75 Å². The lowest BCUT2D eigenvalue weighted by Gasteiger charge is -2.12. The predicted octanol–water partition coefficient (Wildman–Crippen LogP) is 2.76. The monoisotopic (exact) mass is 248 g/mol. The fourth-order valence-electron chi connectivity index (χ4n) is 1.70. The Kier molecular flexibility index (Phi) is 6.29. The van der Waals surface area contributed by atoms with E-state index in [0.717, 1.165) is 36.4 Å². The van der Waals surface area contributed by atoms with Crippen LogP contribution in [0.25, 0.3) is 0 Å². The third kappa shape index (κ3) is 5.23. The Bertz CT molecular complexity index is 375. The highest BCUT2D eigenvalue weighted by Gasteiger charge is 2.03. The van der Waals surface area contributed by atoms with E-state index in [-0.39, 0.29) is 0 Å². The van der Waals surface area contributed by atoms with Crippen molar-refractivity contribution in [1.82, 2.24) is 5.32 Å². The Balaban J connectivity index is 2.43. The molecule has 0 aromatic heterocycles. The smallest absolute Gasteiger partial charge is 0.122 e. The van der Waals surface area contributed by atoms with Crippen molar-refractivity contribution in [2.45, 2.75) is 32.7 Å². The number of rotatable bonds is 8. The lowest BCUT2D eigenvalue weighted by Crippen LogP contribution is -2.24. The minimum Gasteiger partial charge on any atom is -0.493 e. The van der Waals surface area contributed by atoms with E-state index in [1.807, 2.05) is 24.3 Å². The van der Waals surface area contributed by atoms with Gasteiger partial charge in [-0.1, -0.05) is 19.9 Å². The molecule has 0 fully saturated rings. The molecule has 1 aromatic rings. The normalized spacial score (nSPS) is 10.6. The van der Waals surface area contributed by atoms with Crippen molar-refractivity contribution >= 4 is 5.69 Å². The van der Waals surface area contributed by atoms with E-state index in [2.05, 4.69) is 25.7 Å². The quantitative estimate of drug-likeness (QED) is 0.422. The van der Waals surface area contributed by atoms with Gasteiger partial charge in [0.05, 0.1) is 6.61 Å². The Morgan fingerprint density at radius 3 is 2.89 bits per heavy atom. The maximum Gasteiger partial charge on any atom is 0.122 e. The van der Waals surface area contributed by atoms with Gasteiger partial charge in [0.25, 0.3) is 0 Å². The van der Waals surface area contributed by atoms with Gasteiger partial charge in [-0.15, -0.1) is 6.58 Å². The van der Waals surface area contributed by atoms with Gasteiger partial charge in [0.2, 0.25) is 0 Å². The molecule has 0 bridgehead atoms. The van der Waals surface area contributed by atoms with Crippen LogP contribution in [-0.4, -0.2) is 19.2 Å². The van der Waals surface area contributed by atoms with Gasteiger partial charge in [-0.05, 0) is 43.1 Å². The Labute approximate surface area is 110 Å². The zero-order valence-corrected chi connectivity index (χ0v) is 11.4. The molecule has 0 unspecified atom stereocenters. The zero-order chi connectivity index (χ0) is 13.4. The van der Waals surface area contributed by atoms with Crippen molar-refractivity contribution in [3.63, 3.8) is 0 Å². The third-order valence-corrected chi connectivity index (χ3v) is 2.58. The summed E-state index contributed by atoms with van der Waals surface area (Å²) in [5.41, 5.74) is 7.63. The van der Waals surface area contributed by atoms with Crippen LogP contribution >= 0.6 is 0 Å². The lowest BCUT2D eigenvalue weighted by atomic mass is 10.1. The van der Waals surface area contributed by atoms with Gasteiger partial charge in [-0.3, -0.25) is 0 Å². The molecule has 0 radical (unpaired) electrons. The van der Waals surface area contributed by atoms with E-state index in [4.69, 9.17) is 10.5 Å². The summed E-state index contributed by atoms with van der Waals surface area (Å²) >= 11 is 0. The first-order valence-corrected chi connectivity index (χ1v) is 6.49. The van der Waals surface area contributed by atoms with Gasteiger partial charge in [-0.25, -0.2) is 0 Å². The second kappa shape index (κ2) is 7.77. The van der Waals surface area contributed by atoms with Crippen LogP contribution in [0.3, 0.4) is 0 Å². The highest BCUT2D eigenvalue weighted by atomic mass is 16.5. The summed E-state index contributed by atoms with van der Waals surface area (Å²) in [6.07, 6.45) is 3.64. The number of nitrogens with one attached hydrogen (secondary N) is 1. The second-order valence-electron chi connectivity index (χ2n) is 4.67. The first-order chi connectivity index (χ1) is 8.63. The summed E-state index contributed by atoms with van der Waals surface area (Å²) in [6, 6.07) is 6.28. The molecule has 0 atom stereocenters. The van der Waals surface area contributed by atoms with Crippen molar-refractivity contribution in [3.05, 3.63) is 36.4 Å². The highest BCUT2D eigenvalue weighted by molar-refractivity contribution is 5.48. The van der Waals surface area contributed by atoms with Crippen molar-refractivity contribution in [3.8, 4) is 5.75 Å². The van der Waals surface area contributed by atoms with E-state index in [0.29, 0.717) is 12.6 Å². The van der Waals surface area contributed by atoms with Crippen LogP contribution in [0.1, 0.15) is 25.8 Å². The van der Waals surface area contributed by atoms with Crippen molar-refractivity contribution in [2.75, 3.05) is 18.9 Å². The van der Waals surface area contributed by atoms with Gasteiger partial charge >= 0.3 is 0 Å². The van der Waals surface area contributed by atoms with Crippen molar-refractivity contribution in [2.24, 2.45) is 0 Å². The van der Waals surface area contributed by atoms with Gasteiger partial charge in [0.15, 0.2) is 0 Å². The molecule has 0 aliphatic heterocycles. The molecule has 3 N–H and O–H groups in total.